The quantitative estimate of drug-likeness (QED) is 0.580. The van der Waals surface area contributed by atoms with Gasteiger partial charge in [-0.1, -0.05) is 48.5 Å². The normalized spacial score (nSPS) is 12.3. The summed E-state index contributed by atoms with van der Waals surface area (Å²) < 4.78 is 0. The Morgan fingerprint density at radius 2 is 0.857 bits per heavy atom. The van der Waals surface area contributed by atoms with Crippen LogP contribution in [0, 0.1) is 13.8 Å². The van der Waals surface area contributed by atoms with Gasteiger partial charge in [0.05, 0.1) is 11.2 Å². The topological polar surface area (TPSA) is 40.5 Å². The van der Waals surface area contributed by atoms with Crippen molar-refractivity contribution in [2.75, 3.05) is 0 Å². The van der Waals surface area contributed by atoms with Gasteiger partial charge in [0.1, 0.15) is 0 Å². The molecule has 0 atom stereocenters. The van der Waals surface area contributed by atoms with Crippen LogP contribution in [0.15, 0.2) is 60.7 Å². The zero-order chi connectivity index (χ0) is 20.7. The Labute approximate surface area is 168 Å². The molecule has 3 rings (SSSR count). The molecule has 146 valence electrons. The summed E-state index contributed by atoms with van der Waals surface area (Å²) in [5.41, 5.74) is 6.00. The predicted molar refractivity (Wildman–Crippen MR) is 117 cm³/mol. The van der Waals surface area contributed by atoms with Gasteiger partial charge in [-0.3, -0.25) is 0 Å². The molecule has 0 heterocycles. The van der Waals surface area contributed by atoms with E-state index in [1.54, 1.807) is 0 Å². The minimum Gasteiger partial charge on any atom is -0.386 e. The molecule has 0 spiro atoms. The summed E-state index contributed by atoms with van der Waals surface area (Å²) in [5.74, 6) is 0. The lowest BCUT2D eigenvalue weighted by Crippen LogP contribution is -2.21. The van der Waals surface area contributed by atoms with Gasteiger partial charge in [0, 0.05) is 0 Å². The molecule has 28 heavy (non-hydrogen) atoms. The molecule has 0 radical (unpaired) electrons. The fraction of sp³-hybridized carbons (Fsp3) is 0.308. The van der Waals surface area contributed by atoms with E-state index in [2.05, 4.69) is 50.2 Å². The molecule has 2 heteroatoms. The second kappa shape index (κ2) is 7.20. The minimum absolute atomic E-state index is 0.855. The maximum absolute atomic E-state index is 11.0. The maximum Gasteiger partial charge on any atom is 0.0846 e. The van der Waals surface area contributed by atoms with Crippen molar-refractivity contribution in [1.82, 2.24) is 0 Å². The molecule has 2 N–H and O–H groups in total. The average Bonchev–Trinajstić information content (AvgIpc) is 2.60. The molecule has 0 fully saturated rings. The lowest BCUT2D eigenvalue weighted by Gasteiger charge is -2.29. The standard InChI is InChI=1S/C26H30O2/c1-17-11-7-9-13-19(17)21-15-24(26(5,6)28)22(16-23(21)25(3,4)27)20-14-10-8-12-18(20)2/h7-16,27-28H,1-6H3. The molecule has 0 aromatic heterocycles. The van der Waals surface area contributed by atoms with Gasteiger partial charge in [-0.15, -0.1) is 0 Å². The molecule has 0 saturated heterocycles. The Balaban J connectivity index is 2.44. The second-order valence-corrected chi connectivity index (χ2v) is 8.69. The third-order valence-electron chi connectivity index (χ3n) is 5.35. The lowest BCUT2D eigenvalue weighted by atomic mass is 9.79. The van der Waals surface area contributed by atoms with Crippen molar-refractivity contribution in [3.05, 3.63) is 82.9 Å². The summed E-state index contributed by atoms with van der Waals surface area (Å²) in [7, 11) is 0. The van der Waals surface area contributed by atoms with Crippen LogP contribution in [0.3, 0.4) is 0 Å². The van der Waals surface area contributed by atoms with Gasteiger partial charge in [0.25, 0.3) is 0 Å². The van der Waals surface area contributed by atoms with Crippen molar-refractivity contribution < 1.29 is 10.2 Å². The Bertz CT molecular complexity index is 918. The van der Waals surface area contributed by atoms with E-state index >= 15 is 0 Å². The van der Waals surface area contributed by atoms with Crippen molar-refractivity contribution in [2.45, 2.75) is 52.7 Å². The summed E-state index contributed by atoms with van der Waals surface area (Å²) >= 11 is 0. The molecule has 0 saturated carbocycles. The molecule has 3 aromatic carbocycles. The van der Waals surface area contributed by atoms with E-state index in [0.29, 0.717) is 0 Å². The molecule has 3 aromatic rings. The monoisotopic (exact) mass is 374 g/mol. The summed E-state index contributed by atoms with van der Waals surface area (Å²) in [6, 6.07) is 20.4. The van der Waals surface area contributed by atoms with Crippen molar-refractivity contribution in [2.24, 2.45) is 0 Å². The summed E-state index contributed by atoms with van der Waals surface area (Å²) in [6.45, 7) is 11.4. The van der Waals surface area contributed by atoms with Gasteiger partial charge in [0.15, 0.2) is 0 Å². The van der Waals surface area contributed by atoms with E-state index in [1.165, 1.54) is 0 Å². The fourth-order valence-corrected chi connectivity index (χ4v) is 3.81. The third-order valence-corrected chi connectivity index (χ3v) is 5.35. The van der Waals surface area contributed by atoms with E-state index in [0.717, 1.165) is 44.5 Å². The molecule has 0 unspecified atom stereocenters. The van der Waals surface area contributed by atoms with Crippen LogP contribution in [0.2, 0.25) is 0 Å². The molecule has 0 aliphatic heterocycles. The van der Waals surface area contributed by atoms with E-state index in [-0.39, 0.29) is 0 Å². The fourth-order valence-electron chi connectivity index (χ4n) is 3.81. The van der Waals surface area contributed by atoms with Crippen LogP contribution in [-0.2, 0) is 11.2 Å². The van der Waals surface area contributed by atoms with Crippen LogP contribution in [0.4, 0.5) is 0 Å². The van der Waals surface area contributed by atoms with Gasteiger partial charge in [-0.05, 0) is 98.2 Å². The third kappa shape index (κ3) is 3.89. The van der Waals surface area contributed by atoms with Crippen molar-refractivity contribution in [1.29, 1.82) is 0 Å². The molecule has 2 nitrogen and oxygen atoms in total. The predicted octanol–water partition coefficient (Wildman–Crippen LogP) is 6.09. The molecular weight excluding hydrogens is 344 g/mol. The lowest BCUT2D eigenvalue weighted by molar-refractivity contribution is 0.0753. The first-order valence-corrected chi connectivity index (χ1v) is 9.76. The Hall–Kier alpha value is -2.42. The summed E-state index contributed by atoms with van der Waals surface area (Å²) in [5, 5.41) is 22.0. The number of hydrogen-bond acceptors (Lipinski definition) is 2. The number of benzene rings is 3. The largest absolute Gasteiger partial charge is 0.386 e. The molecule has 0 bridgehead atoms. The van der Waals surface area contributed by atoms with Crippen molar-refractivity contribution in [3.8, 4) is 22.3 Å². The van der Waals surface area contributed by atoms with Crippen molar-refractivity contribution >= 4 is 0 Å². The molecular formula is C26H30O2. The Morgan fingerprint density at radius 3 is 1.14 bits per heavy atom. The van der Waals surface area contributed by atoms with E-state index in [1.807, 2.05) is 52.0 Å². The Kier molecular flexibility index (Phi) is 5.22. The van der Waals surface area contributed by atoms with Crippen LogP contribution in [0.25, 0.3) is 22.3 Å². The zero-order valence-corrected chi connectivity index (χ0v) is 17.7. The van der Waals surface area contributed by atoms with E-state index in [4.69, 9.17) is 0 Å². The highest BCUT2D eigenvalue weighted by Crippen LogP contribution is 2.42. The first kappa shape index (κ1) is 20.3. The highest BCUT2D eigenvalue weighted by atomic mass is 16.3. The summed E-state index contributed by atoms with van der Waals surface area (Å²) in [4.78, 5) is 0. The van der Waals surface area contributed by atoms with Gasteiger partial charge < -0.3 is 10.2 Å². The highest BCUT2D eigenvalue weighted by Gasteiger charge is 2.28. The SMILES string of the molecule is Cc1ccccc1-c1cc(C(C)(C)O)c(-c2ccccc2C)cc1C(C)(C)O. The number of rotatable bonds is 4. The number of hydrogen-bond donors (Lipinski definition) is 2. The molecule has 0 aliphatic carbocycles. The highest BCUT2D eigenvalue weighted by molar-refractivity contribution is 5.80. The second-order valence-electron chi connectivity index (χ2n) is 8.69. The summed E-state index contributed by atoms with van der Waals surface area (Å²) in [6.07, 6.45) is 0. The van der Waals surface area contributed by atoms with Gasteiger partial charge >= 0.3 is 0 Å². The number of aliphatic hydroxyl groups is 2. The van der Waals surface area contributed by atoms with Crippen molar-refractivity contribution in [3.63, 3.8) is 0 Å². The van der Waals surface area contributed by atoms with E-state index < -0.39 is 11.2 Å². The van der Waals surface area contributed by atoms with Crippen LogP contribution >= 0.6 is 0 Å². The van der Waals surface area contributed by atoms with Crippen LogP contribution in [0.1, 0.15) is 49.9 Å². The van der Waals surface area contributed by atoms with Crippen LogP contribution < -0.4 is 0 Å². The van der Waals surface area contributed by atoms with Crippen LogP contribution in [0.5, 0.6) is 0 Å². The smallest absolute Gasteiger partial charge is 0.0846 e. The average molecular weight is 375 g/mol. The van der Waals surface area contributed by atoms with Gasteiger partial charge in [0.2, 0.25) is 0 Å². The molecule has 0 amide bonds. The minimum atomic E-state index is -1.02. The van der Waals surface area contributed by atoms with E-state index in [9.17, 15) is 10.2 Å². The maximum atomic E-state index is 11.0. The Morgan fingerprint density at radius 1 is 0.536 bits per heavy atom. The van der Waals surface area contributed by atoms with Gasteiger partial charge in [-0.2, -0.15) is 0 Å². The zero-order valence-electron chi connectivity index (χ0n) is 17.7. The molecule has 0 aliphatic rings. The first-order chi connectivity index (χ1) is 13.0. The first-order valence-electron chi connectivity index (χ1n) is 9.76. The van der Waals surface area contributed by atoms with Crippen LogP contribution in [-0.4, -0.2) is 10.2 Å². The number of aryl methyl sites for hydroxylation is 2. The van der Waals surface area contributed by atoms with Gasteiger partial charge in [-0.25, -0.2) is 0 Å².